The molecule has 738 valence electrons. The van der Waals surface area contributed by atoms with Gasteiger partial charge in [0.25, 0.3) is 0 Å². The van der Waals surface area contributed by atoms with Gasteiger partial charge in [-0.15, -0.1) is 0 Å². The zero-order chi connectivity index (χ0) is 102. The highest BCUT2D eigenvalue weighted by Gasteiger charge is 2.36. The van der Waals surface area contributed by atoms with E-state index in [4.69, 9.17) is 28.4 Å². The van der Waals surface area contributed by atoms with Crippen LogP contribution in [-0.2, 0) is 50.9 Å². The Labute approximate surface area is 822 Å². The highest BCUT2D eigenvalue weighted by Crippen LogP contribution is 2.37. The van der Waals surface area contributed by atoms with Crippen molar-refractivity contribution >= 4 is 69.4 Å². The second-order valence-electron chi connectivity index (χ2n) is 35.1. The van der Waals surface area contributed by atoms with E-state index in [9.17, 15) is 92.7 Å². The number of ketones is 12. The third kappa shape index (κ3) is 30.5. The third-order valence-electron chi connectivity index (χ3n) is 24.7. The van der Waals surface area contributed by atoms with Crippen molar-refractivity contribution in [2.45, 2.75) is 173 Å². The quantitative estimate of drug-likeness (QED) is 0.0299. The van der Waals surface area contributed by atoms with E-state index >= 15 is 0 Å². The number of ether oxygens (including phenoxy) is 6. The number of carbonyl (C=O) groups excluding carboxylic acids is 12. The Kier molecular flexibility index (Phi) is 37.4. The average Bonchev–Trinajstić information content (AvgIpc) is 0.847. The second-order valence-corrected chi connectivity index (χ2v) is 35.1. The molecule has 6 aliphatic heterocycles. The third-order valence-corrected chi connectivity index (χ3v) is 24.7. The molecule has 0 radical (unpaired) electrons. The van der Waals surface area contributed by atoms with Crippen molar-refractivity contribution in [2.24, 2.45) is 0 Å². The summed E-state index contributed by atoms with van der Waals surface area (Å²) in [5.74, 6) is 1.50. The van der Waals surface area contributed by atoms with Crippen LogP contribution >= 0.6 is 0 Å². The van der Waals surface area contributed by atoms with E-state index in [1.165, 1.54) is 60.7 Å². The molecular weight excluding hydrogens is 1850 g/mol. The van der Waals surface area contributed by atoms with E-state index in [-0.39, 0.29) is 146 Å². The van der Waals surface area contributed by atoms with Crippen LogP contribution in [0.15, 0.2) is 261 Å². The zero-order valence-corrected chi connectivity index (χ0v) is 78.9. The number of fused-ring (bicyclic) bond motifs is 6. The van der Waals surface area contributed by atoms with Crippen LogP contribution in [0.4, 0.5) is 35.1 Å². The first-order valence-corrected chi connectivity index (χ1v) is 47.7. The van der Waals surface area contributed by atoms with Crippen LogP contribution in [0.3, 0.4) is 0 Å². The Bertz CT molecular complexity index is 6650. The summed E-state index contributed by atoms with van der Waals surface area (Å²) in [5, 5.41) is 0. The normalized spacial score (nSPS) is 13.3. The second kappa shape index (κ2) is 50.9. The first-order chi connectivity index (χ1) is 68.8. The Hall–Kier alpha value is -15.1. The molecule has 6 heterocycles. The van der Waals surface area contributed by atoms with E-state index in [0.29, 0.717) is 83.1 Å². The van der Waals surface area contributed by atoms with Gasteiger partial charge in [0.1, 0.15) is 46.1 Å². The average molecular weight is 1950 g/mol. The molecule has 0 unspecified atom stereocenters. The predicted octanol–water partition coefficient (Wildman–Crippen LogP) is 25.8. The summed E-state index contributed by atoms with van der Waals surface area (Å²) in [6.45, 7) is 6.15. The lowest BCUT2D eigenvalue weighted by Crippen LogP contribution is -2.14. The number of benzene rings is 12. The first-order valence-electron chi connectivity index (χ1n) is 47.7. The minimum atomic E-state index is -4.60. The lowest BCUT2D eigenvalue weighted by atomic mass is 9.96. The van der Waals surface area contributed by atoms with Crippen molar-refractivity contribution in [1.29, 1.82) is 0 Å². The Balaban J connectivity index is 0.000000144. The first kappa shape index (κ1) is 105. The molecule has 0 amide bonds. The molecule has 26 heteroatoms. The molecule has 0 spiro atoms. The summed E-state index contributed by atoms with van der Waals surface area (Å²) >= 11 is 0. The molecule has 12 aromatic rings. The molecule has 0 saturated heterocycles. The van der Waals surface area contributed by atoms with Crippen LogP contribution in [0.25, 0.3) is 0 Å². The largest absolute Gasteiger partial charge is 0.493 e. The summed E-state index contributed by atoms with van der Waals surface area (Å²) in [7, 11) is 0. The van der Waals surface area contributed by atoms with E-state index < -0.39 is 52.2 Å². The lowest BCUT2D eigenvalue weighted by molar-refractivity contribution is -0.138. The smallest absolute Gasteiger partial charge is 0.417 e. The van der Waals surface area contributed by atoms with Gasteiger partial charge in [0.15, 0.2) is 69.4 Å². The van der Waals surface area contributed by atoms with Crippen molar-refractivity contribution in [3.63, 3.8) is 0 Å². The highest BCUT2D eigenvalue weighted by atomic mass is 19.4. The van der Waals surface area contributed by atoms with E-state index in [1.807, 2.05) is 97.9 Å². The van der Waals surface area contributed by atoms with Crippen molar-refractivity contribution in [3.05, 3.63) is 389 Å². The maximum atomic E-state index is 13.6. The van der Waals surface area contributed by atoms with Crippen LogP contribution < -0.4 is 28.4 Å². The molecule has 18 rings (SSSR count). The maximum Gasteiger partial charge on any atom is 0.417 e. The fourth-order valence-electron chi connectivity index (χ4n) is 16.8. The van der Waals surface area contributed by atoms with Gasteiger partial charge in [-0.05, 0) is 257 Å². The molecule has 6 aliphatic rings. The van der Waals surface area contributed by atoms with E-state index in [0.717, 1.165) is 181 Å². The Morgan fingerprint density at radius 1 is 0.231 bits per heavy atom. The Morgan fingerprint density at radius 3 is 0.867 bits per heavy atom. The number of carbonyl (C=O) groups is 12. The lowest BCUT2D eigenvalue weighted by Gasteiger charge is -2.17. The molecular formula is C117H106F8O18. The molecule has 0 fully saturated rings. The van der Waals surface area contributed by atoms with Gasteiger partial charge in [0.2, 0.25) is 0 Å². The van der Waals surface area contributed by atoms with Crippen molar-refractivity contribution in [2.75, 3.05) is 39.6 Å². The molecule has 0 bridgehead atoms. The molecule has 0 aromatic heterocycles. The molecule has 143 heavy (non-hydrogen) atoms. The van der Waals surface area contributed by atoms with Gasteiger partial charge in [0, 0.05) is 138 Å². The molecule has 12 aromatic carbocycles. The molecule has 0 aliphatic carbocycles. The SMILES string of the molecule is Cc1ccc(C(=O)CCC(=O)c2ccc3c(c2)CCCO3)cc1.O=C(CCC(=O)c1ccc2c(c1)CCCO2)c1cccc(C(F)(F)F)c1.O=C(CCC(=O)c1ccc2c(c1)CCCO2)c1cccc(F)c1.O=C(CCC(=O)c1ccc2c(c1)OCCC2)c1ccccc1.O=C(CCC(=O)c1ccccc1C(F)(F)F)c1ccc2c(c1)CCCO2.O=C(CCC(=O)c1ccccc1F)c1ccc2c(c1)CCCO2. The standard InChI is InChI=1S/2C20H17F3O3.C20H20O3.2C19H17FO3.C19H18O3/c21-20(22,23)16-5-1-3-13(12-16)17(24)7-8-18(25)14-6-9-19-15(11-14)4-2-10-26-19;21-20(22,23)16-6-2-1-5-15(16)18(25)9-8-17(24)13-7-10-19-14(12-13)4-3-11-26-19;1-14-4-6-15(7-5-14)18(21)9-10-19(22)16-8-11-20-17(13-16)3-2-12-23-20;20-16-5-1-3-13(12-16)17(21)7-8-18(22)14-6-9-19-15(11-14)4-2-10-23-19;20-16-6-2-1-5-15(16)18(22)9-8-17(21)13-7-10-19-14(12-13)4-3-11-23-19;20-17(14-5-2-1-3-6-14)10-11-18(21)16-9-8-15-7-4-12-22-19(15)13-16/h1,3,5-6,9,11-12H,2,4,7-8,10H2;1-2,5-7,10,12H,3-4,8-9,11H2;4-8,11,13H,2-3,9-10,12H2,1H3;1,3,5-6,9,11-12H,2,4,7-8,10H2;1-2,5-7,10,12H,3-4,8-9,11H2;1-3,5-6,8-9,13H,4,7,10-12H2. The van der Waals surface area contributed by atoms with Crippen molar-refractivity contribution in [3.8, 4) is 34.5 Å². The van der Waals surface area contributed by atoms with E-state index in [1.54, 1.807) is 84.9 Å². The number of hydrogen-bond acceptors (Lipinski definition) is 18. The van der Waals surface area contributed by atoms with Crippen molar-refractivity contribution in [1.82, 2.24) is 0 Å². The van der Waals surface area contributed by atoms with Crippen molar-refractivity contribution < 1.29 is 121 Å². The van der Waals surface area contributed by atoms with Gasteiger partial charge in [-0.1, -0.05) is 127 Å². The summed E-state index contributed by atoms with van der Waals surface area (Å²) in [6.07, 6.45) is 2.59. The fraction of sp³-hybridized carbons (Fsp3) is 0.282. The van der Waals surface area contributed by atoms with Crippen LogP contribution in [0.5, 0.6) is 34.5 Å². The van der Waals surface area contributed by atoms with Crippen LogP contribution in [-0.4, -0.2) is 109 Å². The fourth-order valence-corrected chi connectivity index (χ4v) is 16.8. The molecule has 0 N–H and O–H groups in total. The van der Waals surface area contributed by atoms with Gasteiger partial charge in [-0.25, -0.2) is 8.78 Å². The summed E-state index contributed by atoms with van der Waals surface area (Å²) < 4.78 is 137. The number of Topliss-reactive ketones (excluding diaryl/α,β-unsaturated/α-hetero) is 12. The van der Waals surface area contributed by atoms with Gasteiger partial charge >= 0.3 is 12.4 Å². The molecule has 0 saturated carbocycles. The van der Waals surface area contributed by atoms with Gasteiger partial charge in [-0.2, -0.15) is 26.3 Å². The number of aryl methyl sites for hydroxylation is 7. The minimum absolute atomic E-state index is 0.00293. The van der Waals surface area contributed by atoms with Crippen LogP contribution in [0.1, 0.15) is 290 Å². The highest BCUT2D eigenvalue weighted by molar-refractivity contribution is 6.07. The maximum absolute atomic E-state index is 13.6. The number of hydrogen-bond donors (Lipinski definition) is 0. The minimum Gasteiger partial charge on any atom is -0.493 e. The van der Waals surface area contributed by atoms with Gasteiger partial charge in [-0.3, -0.25) is 57.5 Å². The summed E-state index contributed by atoms with van der Waals surface area (Å²) in [4.78, 5) is 146. The topological polar surface area (TPSA) is 260 Å². The molecule has 0 atom stereocenters. The van der Waals surface area contributed by atoms with Crippen LogP contribution in [0.2, 0.25) is 0 Å². The summed E-state index contributed by atoms with van der Waals surface area (Å²) in [6, 6.07) is 69.0. The molecule has 18 nitrogen and oxygen atoms in total. The van der Waals surface area contributed by atoms with Gasteiger partial charge < -0.3 is 28.4 Å². The number of halogens is 8. The predicted molar refractivity (Wildman–Crippen MR) is 522 cm³/mol. The number of alkyl halides is 6. The zero-order valence-electron chi connectivity index (χ0n) is 78.9. The van der Waals surface area contributed by atoms with Crippen LogP contribution in [0, 0.1) is 18.6 Å². The number of rotatable bonds is 30. The van der Waals surface area contributed by atoms with E-state index in [2.05, 4.69) is 0 Å². The summed E-state index contributed by atoms with van der Waals surface area (Å²) in [5.41, 5.74) is 10.2. The Morgan fingerprint density at radius 2 is 0.503 bits per heavy atom. The monoisotopic (exact) mass is 1950 g/mol. The van der Waals surface area contributed by atoms with Gasteiger partial charge in [0.05, 0.1) is 56.3 Å².